The molecule has 8 heteroatoms. The summed E-state index contributed by atoms with van der Waals surface area (Å²) in [7, 11) is 3.36. The van der Waals surface area contributed by atoms with Crippen LogP contribution in [-0.2, 0) is 6.54 Å². The molecule has 1 aromatic heterocycles. The van der Waals surface area contributed by atoms with Crippen LogP contribution in [0.4, 0.5) is 4.79 Å². The van der Waals surface area contributed by atoms with Crippen LogP contribution < -0.4 is 15.8 Å². The normalized spacial score (nSPS) is 10.5. The molecule has 0 radical (unpaired) electrons. The van der Waals surface area contributed by atoms with Crippen molar-refractivity contribution >= 4 is 11.9 Å². The number of rotatable bonds is 7. The van der Waals surface area contributed by atoms with Gasteiger partial charge in [0, 0.05) is 25.7 Å². The summed E-state index contributed by atoms with van der Waals surface area (Å²) in [6, 6.07) is 16.3. The summed E-state index contributed by atoms with van der Waals surface area (Å²) < 4.78 is 6.98. The maximum absolute atomic E-state index is 12.7. The van der Waals surface area contributed by atoms with Crippen molar-refractivity contribution in [3.05, 3.63) is 65.9 Å². The van der Waals surface area contributed by atoms with Crippen molar-refractivity contribution in [3.8, 4) is 22.7 Å². The molecule has 2 aromatic carbocycles. The van der Waals surface area contributed by atoms with Gasteiger partial charge in [-0.15, -0.1) is 0 Å². The molecule has 0 fully saturated rings. The van der Waals surface area contributed by atoms with Crippen LogP contribution in [-0.4, -0.2) is 47.3 Å². The summed E-state index contributed by atoms with van der Waals surface area (Å²) in [6.45, 7) is 2.85. The fraction of sp³-hybridized carbons (Fsp3) is 0.227. The van der Waals surface area contributed by atoms with Gasteiger partial charge in [0.2, 0.25) is 0 Å². The van der Waals surface area contributed by atoms with E-state index in [2.05, 4.69) is 10.4 Å². The van der Waals surface area contributed by atoms with Gasteiger partial charge in [-0.05, 0) is 42.8 Å². The number of benzene rings is 2. The van der Waals surface area contributed by atoms with Crippen LogP contribution in [0.5, 0.6) is 5.75 Å². The van der Waals surface area contributed by atoms with Crippen LogP contribution in [0.25, 0.3) is 16.9 Å². The number of nitrogens with zero attached hydrogens (tertiary/aromatic N) is 3. The maximum Gasteiger partial charge on any atom is 0.312 e. The van der Waals surface area contributed by atoms with Crippen molar-refractivity contribution in [3.63, 3.8) is 0 Å². The van der Waals surface area contributed by atoms with Crippen LogP contribution >= 0.6 is 0 Å². The van der Waals surface area contributed by atoms with Crippen molar-refractivity contribution in [2.45, 2.75) is 13.5 Å². The van der Waals surface area contributed by atoms with Gasteiger partial charge in [-0.1, -0.05) is 24.3 Å². The lowest BCUT2D eigenvalue weighted by Gasteiger charge is -2.12. The molecule has 0 spiro atoms. The second-order valence-electron chi connectivity index (χ2n) is 6.76. The average molecular weight is 407 g/mol. The summed E-state index contributed by atoms with van der Waals surface area (Å²) in [4.78, 5) is 25.2. The van der Waals surface area contributed by atoms with Crippen molar-refractivity contribution < 1.29 is 14.3 Å². The number of nitrogens with two attached hydrogens (primary N) is 1. The number of carbonyl (C=O) groups is 2. The number of carbonyl (C=O) groups excluding carboxylic acids is 2. The fourth-order valence-corrected chi connectivity index (χ4v) is 2.93. The van der Waals surface area contributed by atoms with Crippen LogP contribution in [0.3, 0.4) is 0 Å². The second kappa shape index (κ2) is 9.13. The Bertz CT molecular complexity index is 1030. The summed E-state index contributed by atoms with van der Waals surface area (Å²) in [5.74, 6) is 0.592. The maximum atomic E-state index is 12.7. The topological polar surface area (TPSA) is 102 Å². The third-order valence-electron chi connectivity index (χ3n) is 4.78. The van der Waals surface area contributed by atoms with Gasteiger partial charge in [-0.25, -0.2) is 9.48 Å². The number of methoxy groups -OCH3 is 1. The summed E-state index contributed by atoms with van der Waals surface area (Å²) >= 11 is 0. The Morgan fingerprint density at radius 3 is 2.37 bits per heavy atom. The standard InChI is InChI=1S/C22H25N5O3/c1-4-26(2)21(28)19-13-20(16-7-5-15(6-8-16)14-24-22(23)29)27(25-19)17-9-11-18(30-3)12-10-17/h5-13H,4,14H2,1-3H3,(H3,23,24,29). The second-order valence-corrected chi connectivity index (χ2v) is 6.76. The van der Waals surface area contributed by atoms with E-state index in [-0.39, 0.29) is 5.91 Å². The summed E-state index contributed by atoms with van der Waals surface area (Å²) in [6.07, 6.45) is 0. The first-order valence-electron chi connectivity index (χ1n) is 9.55. The van der Waals surface area contributed by atoms with Crippen LogP contribution in [0, 0.1) is 0 Å². The number of aromatic nitrogens is 2. The molecular formula is C22H25N5O3. The molecule has 3 rings (SSSR count). The number of hydrogen-bond donors (Lipinski definition) is 2. The number of ether oxygens (including phenoxy) is 1. The van der Waals surface area contributed by atoms with Gasteiger partial charge in [-0.2, -0.15) is 5.10 Å². The summed E-state index contributed by atoms with van der Waals surface area (Å²) in [5.41, 5.74) is 8.88. The minimum atomic E-state index is -0.570. The highest BCUT2D eigenvalue weighted by Crippen LogP contribution is 2.26. The number of primary amides is 1. The Morgan fingerprint density at radius 1 is 1.13 bits per heavy atom. The van der Waals surface area contributed by atoms with E-state index in [4.69, 9.17) is 10.5 Å². The molecule has 156 valence electrons. The Balaban J connectivity index is 2.01. The van der Waals surface area contributed by atoms with Gasteiger partial charge in [0.15, 0.2) is 5.69 Å². The molecule has 0 atom stereocenters. The van der Waals surface area contributed by atoms with E-state index in [0.29, 0.717) is 18.8 Å². The van der Waals surface area contributed by atoms with Crippen molar-refractivity contribution in [2.24, 2.45) is 5.73 Å². The van der Waals surface area contributed by atoms with Gasteiger partial charge in [0.1, 0.15) is 5.75 Å². The molecule has 1 heterocycles. The summed E-state index contributed by atoms with van der Waals surface area (Å²) in [5, 5.41) is 7.14. The van der Waals surface area contributed by atoms with E-state index in [0.717, 1.165) is 28.3 Å². The van der Waals surface area contributed by atoms with E-state index in [1.54, 1.807) is 29.8 Å². The number of urea groups is 1. The first kappa shape index (κ1) is 20.9. The molecule has 0 aliphatic rings. The molecule has 0 bridgehead atoms. The van der Waals surface area contributed by atoms with Crippen molar-refractivity contribution in [2.75, 3.05) is 20.7 Å². The highest BCUT2D eigenvalue weighted by molar-refractivity contribution is 5.93. The lowest BCUT2D eigenvalue weighted by Crippen LogP contribution is -2.28. The first-order chi connectivity index (χ1) is 14.4. The van der Waals surface area contributed by atoms with Crippen LogP contribution in [0.1, 0.15) is 23.0 Å². The van der Waals surface area contributed by atoms with Gasteiger partial charge < -0.3 is 20.7 Å². The van der Waals surface area contributed by atoms with E-state index in [1.165, 1.54) is 0 Å². The van der Waals surface area contributed by atoms with Crippen LogP contribution in [0.2, 0.25) is 0 Å². The molecule has 0 aliphatic carbocycles. The SMILES string of the molecule is CCN(C)C(=O)c1cc(-c2ccc(CNC(N)=O)cc2)n(-c2ccc(OC)cc2)n1. The molecular weight excluding hydrogens is 382 g/mol. The van der Waals surface area contributed by atoms with Crippen LogP contribution in [0.15, 0.2) is 54.6 Å². The molecule has 0 saturated heterocycles. The zero-order valence-corrected chi connectivity index (χ0v) is 17.3. The Hall–Kier alpha value is -3.81. The molecule has 3 aromatic rings. The van der Waals surface area contributed by atoms with Gasteiger partial charge in [0.05, 0.1) is 18.5 Å². The van der Waals surface area contributed by atoms with Crippen molar-refractivity contribution in [1.82, 2.24) is 20.0 Å². The van der Waals surface area contributed by atoms with Gasteiger partial charge >= 0.3 is 6.03 Å². The smallest absolute Gasteiger partial charge is 0.312 e. The monoisotopic (exact) mass is 407 g/mol. The molecule has 3 N–H and O–H groups in total. The van der Waals surface area contributed by atoms with Gasteiger partial charge in [-0.3, -0.25) is 4.79 Å². The third-order valence-corrected chi connectivity index (χ3v) is 4.78. The van der Waals surface area contributed by atoms with Gasteiger partial charge in [0.25, 0.3) is 5.91 Å². The third kappa shape index (κ3) is 4.60. The van der Waals surface area contributed by atoms with E-state index in [1.807, 2.05) is 55.5 Å². The van der Waals surface area contributed by atoms with E-state index in [9.17, 15) is 9.59 Å². The lowest BCUT2D eigenvalue weighted by atomic mass is 10.1. The average Bonchev–Trinajstić information content (AvgIpc) is 3.22. The first-order valence-corrected chi connectivity index (χ1v) is 9.55. The van der Waals surface area contributed by atoms with E-state index >= 15 is 0 Å². The molecule has 8 nitrogen and oxygen atoms in total. The molecule has 0 unspecified atom stereocenters. The lowest BCUT2D eigenvalue weighted by molar-refractivity contribution is 0.0796. The number of nitrogens with one attached hydrogen (secondary N) is 1. The Kier molecular flexibility index (Phi) is 6.36. The number of hydrogen-bond acceptors (Lipinski definition) is 4. The largest absolute Gasteiger partial charge is 0.497 e. The zero-order valence-electron chi connectivity index (χ0n) is 17.3. The highest BCUT2D eigenvalue weighted by Gasteiger charge is 2.19. The quantitative estimate of drug-likeness (QED) is 0.629. The zero-order chi connectivity index (χ0) is 21.7. The minimum Gasteiger partial charge on any atom is -0.497 e. The van der Waals surface area contributed by atoms with E-state index < -0.39 is 6.03 Å². The predicted molar refractivity (Wildman–Crippen MR) is 115 cm³/mol. The fourth-order valence-electron chi connectivity index (χ4n) is 2.93. The highest BCUT2D eigenvalue weighted by atomic mass is 16.5. The molecule has 3 amide bonds. The minimum absolute atomic E-state index is 0.145. The predicted octanol–water partition coefficient (Wildman–Crippen LogP) is 2.81. The molecule has 30 heavy (non-hydrogen) atoms. The molecule has 0 aliphatic heterocycles. The number of amides is 3. The Labute approximate surface area is 175 Å². The molecule has 0 saturated carbocycles. The Morgan fingerprint density at radius 2 is 1.80 bits per heavy atom. The van der Waals surface area contributed by atoms with Crippen molar-refractivity contribution in [1.29, 1.82) is 0 Å².